The molecule has 3 rings (SSSR count). The van der Waals surface area contributed by atoms with Crippen molar-refractivity contribution in [3.63, 3.8) is 0 Å². The van der Waals surface area contributed by atoms with Gasteiger partial charge in [-0.1, -0.05) is 54.3 Å². The number of nitrogens with one attached hydrogen (secondary N) is 1. The summed E-state index contributed by atoms with van der Waals surface area (Å²) in [5.74, 6) is 0. The summed E-state index contributed by atoms with van der Waals surface area (Å²) in [5, 5.41) is 20.1. The van der Waals surface area contributed by atoms with Gasteiger partial charge in [-0.05, 0) is 43.7 Å². The highest BCUT2D eigenvalue weighted by atomic mass is 32.2. The zero-order valence-corrected chi connectivity index (χ0v) is 18.9. The molecule has 1 atom stereocenters. The molecule has 1 unspecified atom stereocenters. The number of benzene rings is 2. The van der Waals surface area contributed by atoms with E-state index in [0.717, 1.165) is 11.3 Å². The van der Waals surface area contributed by atoms with Crippen LogP contribution in [0.2, 0.25) is 0 Å². The molecule has 0 spiro atoms. The normalized spacial score (nSPS) is 18.0. The quantitative estimate of drug-likeness (QED) is 0.308. The Morgan fingerprint density at radius 1 is 1.20 bits per heavy atom. The average molecular weight is 444 g/mol. The van der Waals surface area contributed by atoms with E-state index in [9.17, 15) is 10.0 Å². The second kappa shape index (κ2) is 9.03. The van der Waals surface area contributed by atoms with Crippen LogP contribution in [0, 0.1) is 0 Å². The van der Waals surface area contributed by atoms with Crippen LogP contribution < -0.4 is 10.2 Å². The molecule has 30 heavy (non-hydrogen) atoms. The molecule has 0 saturated carbocycles. The van der Waals surface area contributed by atoms with E-state index >= 15 is 0 Å². The summed E-state index contributed by atoms with van der Waals surface area (Å²) in [6.45, 7) is 3.82. The van der Waals surface area contributed by atoms with Crippen LogP contribution in [-0.4, -0.2) is 56.9 Å². The summed E-state index contributed by atoms with van der Waals surface area (Å²) < 4.78 is -0.0795. The lowest BCUT2D eigenvalue weighted by molar-refractivity contribution is -0.114. The number of hydrogen-bond acceptors (Lipinski definition) is 6. The van der Waals surface area contributed by atoms with Crippen molar-refractivity contribution in [2.45, 2.75) is 24.8 Å². The second-order valence-electron chi connectivity index (χ2n) is 7.56. The lowest BCUT2D eigenvalue weighted by atomic mass is 10.1. The van der Waals surface area contributed by atoms with Crippen molar-refractivity contribution in [1.82, 2.24) is 10.1 Å². The minimum atomic E-state index is -0.768. The van der Waals surface area contributed by atoms with Crippen molar-refractivity contribution in [1.29, 1.82) is 0 Å². The molecule has 7 nitrogen and oxygen atoms in total. The van der Waals surface area contributed by atoms with Gasteiger partial charge in [0.05, 0.1) is 11.0 Å². The van der Waals surface area contributed by atoms with Gasteiger partial charge in [-0.25, -0.2) is 9.80 Å². The van der Waals surface area contributed by atoms with Crippen LogP contribution in [0.5, 0.6) is 0 Å². The van der Waals surface area contributed by atoms with E-state index in [2.05, 4.69) is 10.4 Å². The minimum Gasteiger partial charge on any atom is -0.378 e. The molecule has 0 bridgehead atoms. The van der Waals surface area contributed by atoms with Crippen LogP contribution in [0.1, 0.15) is 19.4 Å². The maximum atomic E-state index is 12.6. The largest absolute Gasteiger partial charge is 0.378 e. The number of hydrogen-bond donors (Lipinski definition) is 2. The maximum Gasteiger partial charge on any atom is 0.347 e. The molecule has 1 saturated heterocycles. The third-order valence-corrected chi connectivity index (χ3v) is 6.13. The van der Waals surface area contributed by atoms with Gasteiger partial charge >= 0.3 is 6.03 Å². The Morgan fingerprint density at radius 3 is 2.43 bits per heavy atom. The summed E-state index contributed by atoms with van der Waals surface area (Å²) in [4.78, 5) is 14.7. The Hall–Kier alpha value is -2.62. The lowest BCUT2D eigenvalue weighted by Crippen LogP contribution is -2.54. The molecular weight excluding hydrogens is 418 g/mol. The molecule has 2 aromatic rings. The van der Waals surface area contributed by atoms with Gasteiger partial charge < -0.3 is 10.2 Å². The van der Waals surface area contributed by atoms with Gasteiger partial charge in [0.2, 0.25) is 0 Å². The highest BCUT2D eigenvalue weighted by molar-refractivity contribution is 8.24. The summed E-state index contributed by atoms with van der Waals surface area (Å²) in [7, 11) is 3.96. The SMILES string of the molecule is CN(C)c1ccc(/C=N/N2C(=S)SC(C)(C)C2N(O)C(=O)Nc2ccccc2)cc1. The second-order valence-corrected chi connectivity index (χ2v) is 9.85. The van der Waals surface area contributed by atoms with Crippen LogP contribution in [-0.2, 0) is 0 Å². The zero-order valence-electron chi connectivity index (χ0n) is 17.3. The Morgan fingerprint density at radius 2 is 1.83 bits per heavy atom. The Labute approximate surface area is 186 Å². The van der Waals surface area contributed by atoms with Crippen LogP contribution in [0.3, 0.4) is 0 Å². The number of nitrogens with zero attached hydrogens (tertiary/aromatic N) is 4. The molecule has 1 aliphatic rings. The first-order valence-corrected chi connectivity index (χ1v) is 10.6. The van der Waals surface area contributed by atoms with E-state index in [0.29, 0.717) is 15.1 Å². The predicted molar refractivity (Wildman–Crippen MR) is 127 cm³/mol. The van der Waals surface area contributed by atoms with Gasteiger partial charge in [-0.3, -0.25) is 5.21 Å². The minimum absolute atomic E-state index is 0.484. The summed E-state index contributed by atoms with van der Waals surface area (Å²) in [5.41, 5.74) is 2.55. The monoisotopic (exact) mass is 443 g/mol. The molecule has 2 aromatic carbocycles. The predicted octanol–water partition coefficient (Wildman–Crippen LogP) is 4.45. The van der Waals surface area contributed by atoms with Gasteiger partial charge in [0.15, 0.2) is 10.5 Å². The number of hydrazone groups is 1. The van der Waals surface area contributed by atoms with Gasteiger partial charge in [-0.15, -0.1) is 0 Å². The zero-order chi connectivity index (χ0) is 21.9. The number of thiocarbonyl (C=S) groups is 1. The molecule has 0 aromatic heterocycles. The van der Waals surface area contributed by atoms with E-state index in [-0.39, 0.29) is 0 Å². The first-order valence-electron chi connectivity index (χ1n) is 9.37. The Balaban J connectivity index is 1.79. The van der Waals surface area contributed by atoms with Crippen LogP contribution in [0.25, 0.3) is 0 Å². The molecule has 9 heteroatoms. The molecule has 0 aliphatic carbocycles. The van der Waals surface area contributed by atoms with Crippen molar-refractivity contribution in [3.05, 3.63) is 60.2 Å². The van der Waals surface area contributed by atoms with Crippen molar-refractivity contribution < 1.29 is 10.0 Å². The number of para-hydroxylation sites is 1. The number of thioether (sulfide) groups is 1. The molecule has 1 heterocycles. The third kappa shape index (κ3) is 4.92. The van der Waals surface area contributed by atoms with Crippen LogP contribution in [0.15, 0.2) is 59.7 Å². The first kappa shape index (κ1) is 22.1. The number of amides is 2. The summed E-state index contributed by atoms with van der Waals surface area (Å²) >= 11 is 6.86. The summed E-state index contributed by atoms with van der Waals surface area (Å²) in [6.07, 6.45) is 0.903. The Bertz CT molecular complexity index is 932. The fourth-order valence-corrected chi connectivity index (χ4v) is 4.81. The fraction of sp³-hybridized carbons (Fsp3) is 0.286. The smallest absolute Gasteiger partial charge is 0.347 e. The summed E-state index contributed by atoms with van der Waals surface area (Å²) in [6, 6.07) is 16.2. The van der Waals surface area contributed by atoms with Gasteiger partial charge in [0, 0.05) is 25.5 Å². The Kier molecular flexibility index (Phi) is 6.64. The number of anilines is 2. The number of carbonyl (C=O) groups excluding carboxylic acids is 1. The first-order chi connectivity index (χ1) is 14.2. The van der Waals surface area contributed by atoms with Gasteiger partial charge in [0.1, 0.15) is 0 Å². The third-order valence-electron chi connectivity index (χ3n) is 4.60. The standard InChI is InChI=1S/C21H25N5O2S2/c1-21(2)18(26(28)19(27)23-16-8-6-5-7-9-16)25(20(29)30-21)22-14-15-10-12-17(13-11-15)24(3)4/h5-14,18,28H,1-4H3,(H,23,27)/b22-14+. The number of hydroxylamine groups is 2. The maximum absolute atomic E-state index is 12.6. The van der Waals surface area contributed by atoms with Crippen LogP contribution >= 0.6 is 24.0 Å². The van der Waals surface area contributed by atoms with E-state index in [4.69, 9.17) is 12.2 Å². The molecule has 2 N–H and O–H groups in total. The molecular formula is C21H25N5O2S2. The molecule has 2 amide bonds. The van der Waals surface area contributed by atoms with Crippen molar-refractivity contribution >= 4 is 51.9 Å². The van der Waals surface area contributed by atoms with Crippen molar-refractivity contribution in [2.24, 2.45) is 5.10 Å². The van der Waals surface area contributed by atoms with Crippen LogP contribution in [0.4, 0.5) is 16.2 Å². The van der Waals surface area contributed by atoms with E-state index < -0.39 is 16.9 Å². The molecule has 158 valence electrons. The van der Waals surface area contributed by atoms with Crippen molar-refractivity contribution in [3.8, 4) is 0 Å². The lowest BCUT2D eigenvalue weighted by Gasteiger charge is -2.34. The van der Waals surface area contributed by atoms with E-state index in [1.54, 1.807) is 30.5 Å². The number of rotatable bonds is 5. The van der Waals surface area contributed by atoms with Gasteiger partial charge in [-0.2, -0.15) is 10.2 Å². The fourth-order valence-electron chi connectivity index (χ4n) is 3.03. The average Bonchev–Trinajstić information content (AvgIpc) is 2.94. The van der Waals surface area contributed by atoms with E-state index in [1.807, 2.05) is 63.2 Å². The van der Waals surface area contributed by atoms with Gasteiger partial charge in [0.25, 0.3) is 0 Å². The topological polar surface area (TPSA) is 71.4 Å². The molecule has 1 fully saturated rings. The highest BCUT2D eigenvalue weighted by Crippen LogP contribution is 2.42. The van der Waals surface area contributed by atoms with Crippen molar-refractivity contribution in [2.75, 3.05) is 24.3 Å². The number of urea groups is 1. The number of carbonyl (C=O) groups is 1. The van der Waals surface area contributed by atoms with E-state index in [1.165, 1.54) is 16.8 Å². The molecule has 1 aliphatic heterocycles. The highest BCUT2D eigenvalue weighted by Gasteiger charge is 2.50. The molecule has 0 radical (unpaired) electrons.